The first-order valence-corrected chi connectivity index (χ1v) is 5.76. The maximum absolute atomic E-state index is 11.9. The topological polar surface area (TPSA) is 70.4 Å². The largest absolute Gasteiger partial charge is 0.468 e. The van der Waals surface area contributed by atoms with Crippen LogP contribution < -0.4 is 0 Å². The second-order valence-corrected chi connectivity index (χ2v) is 4.71. The number of nitrogens with zero attached hydrogens (tertiary/aromatic N) is 2. The molecule has 5 nitrogen and oxygen atoms in total. The average molecular weight is 273 g/mol. The third-order valence-corrected chi connectivity index (χ3v) is 3.10. The Labute approximate surface area is 107 Å². The van der Waals surface area contributed by atoms with Crippen LogP contribution in [-0.4, -0.2) is 37.0 Å². The van der Waals surface area contributed by atoms with E-state index >= 15 is 0 Å². The number of amides is 1. The fourth-order valence-electron chi connectivity index (χ4n) is 1.09. The number of esters is 1. The van der Waals surface area contributed by atoms with Gasteiger partial charge < -0.3 is 9.64 Å². The first kappa shape index (κ1) is 13.5. The summed E-state index contributed by atoms with van der Waals surface area (Å²) in [7, 11) is 1.22. The molecular weight excluding hydrogens is 264 g/mol. The Hall–Kier alpha value is -1.58. The molecule has 7 heteroatoms. The Morgan fingerprint density at radius 2 is 2.29 bits per heavy atom. The third kappa shape index (κ3) is 3.73. The fraction of sp³-hybridized carbons (Fsp3) is 0.300. The minimum Gasteiger partial charge on any atom is -0.468 e. The van der Waals surface area contributed by atoms with Crippen LogP contribution in [0.15, 0.2) is 12.1 Å². The zero-order valence-electron chi connectivity index (χ0n) is 8.97. The molecule has 0 unspecified atom stereocenters. The van der Waals surface area contributed by atoms with Gasteiger partial charge in [0.1, 0.15) is 13.1 Å². The molecule has 0 aliphatic carbocycles. The van der Waals surface area contributed by atoms with Crippen molar-refractivity contribution in [1.82, 2.24) is 4.90 Å². The molecule has 1 amide bonds. The lowest BCUT2D eigenvalue weighted by atomic mass is 10.4. The molecule has 0 aromatic carbocycles. The van der Waals surface area contributed by atoms with Crippen molar-refractivity contribution in [2.24, 2.45) is 0 Å². The number of hydrogen-bond acceptors (Lipinski definition) is 5. The summed E-state index contributed by atoms with van der Waals surface area (Å²) >= 11 is 6.81. The van der Waals surface area contributed by atoms with E-state index in [-0.39, 0.29) is 13.1 Å². The van der Waals surface area contributed by atoms with Crippen LogP contribution in [0.25, 0.3) is 0 Å². The molecular formula is C10H9ClN2O3S. The molecule has 0 atom stereocenters. The number of halogens is 1. The van der Waals surface area contributed by atoms with Gasteiger partial charge in [-0.3, -0.25) is 9.59 Å². The SMILES string of the molecule is COC(=O)CN(CC#N)C(=O)c1ccc(Cl)s1. The van der Waals surface area contributed by atoms with Crippen molar-refractivity contribution in [1.29, 1.82) is 5.26 Å². The minimum absolute atomic E-state index is 0.177. The van der Waals surface area contributed by atoms with Gasteiger partial charge in [0.2, 0.25) is 0 Å². The lowest BCUT2D eigenvalue weighted by Gasteiger charge is -2.16. The highest BCUT2D eigenvalue weighted by atomic mass is 35.5. The summed E-state index contributed by atoms with van der Waals surface area (Å²) in [5.41, 5.74) is 0. The van der Waals surface area contributed by atoms with Crippen molar-refractivity contribution in [2.75, 3.05) is 20.2 Å². The summed E-state index contributed by atoms with van der Waals surface area (Å²) < 4.78 is 4.93. The Morgan fingerprint density at radius 1 is 1.59 bits per heavy atom. The number of methoxy groups -OCH3 is 1. The van der Waals surface area contributed by atoms with Crippen molar-refractivity contribution in [3.63, 3.8) is 0 Å². The minimum atomic E-state index is -0.573. The molecule has 17 heavy (non-hydrogen) atoms. The van der Waals surface area contributed by atoms with Gasteiger partial charge in [0, 0.05) is 0 Å². The maximum atomic E-state index is 11.9. The number of ether oxygens (including phenoxy) is 1. The summed E-state index contributed by atoms with van der Waals surface area (Å²) in [5.74, 6) is -0.981. The van der Waals surface area contributed by atoms with Crippen molar-refractivity contribution in [3.05, 3.63) is 21.3 Å². The molecule has 0 spiro atoms. The second kappa shape index (κ2) is 6.23. The maximum Gasteiger partial charge on any atom is 0.325 e. The number of rotatable bonds is 4. The van der Waals surface area contributed by atoms with E-state index in [2.05, 4.69) is 4.74 Å². The molecule has 0 saturated heterocycles. The van der Waals surface area contributed by atoms with Crippen LogP contribution >= 0.6 is 22.9 Å². The lowest BCUT2D eigenvalue weighted by molar-refractivity contribution is -0.141. The summed E-state index contributed by atoms with van der Waals surface area (Å²) in [5, 5.41) is 8.60. The van der Waals surface area contributed by atoms with Crippen LogP contribution in [0, 0.1) is 11.3 Å². The summed E-state index contributed by atoms with van der Waals surface area (Å²) in [6.45, 7) is -0.429. The van der Waals surface area contributed by atoms with Gasteiger partial charge >= 0.3 is 5.97 Å². The van der Waals surface area contributed by atoms with Crippen molar-refractivity contribution < 1.29 is 14.3 Å². The molecule has 0 aliphatic heterocycles. The van der Waals surface area contributed by atoms with E-state index in [9.17, 15) is 9.59 Å². The average Bonchev–Trinajstić information content (AvgIpc) is 2.74. The van der Waals surface area contributed by atoms with Crippen LogP contribution in [0.3, 0.4) is 0 Å². The first-order valence-electron chi connectivity index (χ1n) is 4.57. The van der Waals surface area contributed by atoms with E-state index in [1.54, 1.807) is 12.1 Å². The molecule has 0 N–H and O–H groups in total. The number of thiophene rings is 1. The van der Waals surface area contributed by atoms with E-state index in [4.69, 9.17) is 16.9 Å². The Morgan fingerprint density at radius 3 is 2.76 bits per heavy atom. The van der Waals surface area contributed by atoms with Gasteiger partial charge in [-0.05, 0) is 12.1 Å². The highest BCUT2D eigenvalue weighted by molar-refractivity contribution is 7.17. The van der Waals surface area contributed by atoms with Gasteiger partial charge in [0.15, 0.2) is 0 Å². The molecule has 1 aromatic heterocycles. The van der Waals surface area contributed by atoms with Crippen molar-refractivity contribution >= 4 is 34.8 Å². The smallest absolute Gasteiger partial charge is 0.325 e. The van der Waals surface area contributed by atoms with Gasteiger partial charge in [-0.2, -0.15) is 5.26 Å². The molecule has 90 valence electrons. The van der Waals surface area contributed by atoms with Crippen molar-refractivity contribution in [2.45, 2.75) is 0 Å². The lowest BCUT2D eigenvalue weighted by Crippen LogP contribution is -2.36. The molecule has 1 heterocycles. The normalized spacial score (nSPS) is 9.47. The van der Waals surface area contributed by atoms with E-state index in [0.29, 0.717) is 9.21 Å². The number of nitriles is 1. The van der Waals surface area contributed by atoms with Gasteiger partial charge in [0.25, 0.3) is 5.91 Å². The van der Waals surface area contributed by atoms with Gasteiger partial charge in [-0.1, -0.05) is 11.6 Å². The summed E-state index contributed by atoms with van der Waals surface area (Å²) in [6.07, 6.45) is 0. The number of hydrogen-bond donors (Lipinski definition) is 0. The zero-order chi connectivity index (χ0) is 12.8. The summed E-state index contributed by atoms with van der Waals surface area (Å²) in [4.78, 5) is 24.5. The molecule has 1 aromatic rings. The number of carbonyl (C=O) groups is 2. The fourth-order valence-corrected chi connectivity index (χ4v) is 2.10. The Bertz CT molecular complexity index is 466. The van der Waals surface area contributed by atoms with Crippen molar-refractivity contribution in [3.8, 4) is 6.07 Å². The second-order valence-electron chi connectivity index (χ2n) is 3.00. The molecule has 0 aliphatic rings. The highest BCUT2D eigenvalue weighted by Gasteiger charge is 2.20. The molecule has 0 fully saturated rings. The molecule has 0 bridgehead atoms. The Kier molecular flexibility index (Phi) is 4.94. The van der Waals surface area contributed by atoms with Crippen LogP contribution in [0.4, 0.5) is 0 Å². The van der Waals surface area contributed by atoms with E-state index in [1.807, 2.05) is 6.07 Å². The monoisotopic (exact) mass is 272 g/mol. The zero-order valence-corrected chi connectivity index (χ0v) is 10.5. The third-order valence-electron chi connectivity index (χ3n) is 1.88. The van der Waals surface area contributed by atoms with Gasteiger partial charge in [-0.15, -0.1) is 11.3 Å². The highest BCUT2D eigenvalue weighted by Crippen LogP contribution is 2.22. The van der Waals surface area contributed by atoms with E-state index in [1.165, 1.54) is 7.11 Å². The van der Waals surface area contributed by atoms with Crippen LogP contribution in [0.5, 0.6) is 0 Å². The Balaban J connectivity index is 2.80. The summed E-state index contributed by atoms with van der Waals surface area (Å²) in [6, 6.07) is 4.96. The number of carbonyl (C=O) groups excluding carboxylic acids is 2. The predicted molar refractivity (Wildman–Crippen MR) is 62.9 cm³/mol. The van der Waals surface area contributed by atoms with Crippen LogP contribution in [0.2, 0.25) is 4.34 Å². The van der Waals surface area contributed by atoms with Crippen LogP contribution in [-0.2, 0) is 9.53 Å². The molecule has 0 saturated carbocycles. The first-order chi connectivity index (χ1) is 8.08. The molecule has 0 radical (unpaired) electrons. The predicted octanol–water partition coefficient (Wildman–Crippen LogP) is 1.54. The quantitative estimate of drug-likeness (QED) is 0.616. The standard InChI is InChI=1S/C10H9ClN2O3S/c1-16-9(14)6-13(5-4-12)10(15)7-2-3-8(11)17-7/h2-3H,5-6H2,1H3. The molecule has 1 rings (SSSR count). The van der Waals surface area contributed by atoms with Gasteiger partial charge in [0.05, 0.1) is 22.4 Å². The van der Waals surface area contributed by atoms with E-state index < -0.39 is 11.9 Å². The van der Waals surface area contributed by atoms with Crippen LogP contribution in [0.1, 0.15) is 9.67 Å². The van der Waals surface area contributed by atoms with E-state index in [0.717, 1.165) is 16.2 Å². The van der Waals surface area contributed by atoms with Gasteiger partial charge in [-0.25, -0.2) is 0 Å².